The van der Waals surface area contributed by atoms with Crippen molar-refractivity contribution in [2.24, 2.45) is 5.92 Å². The van der Waals surface area contributed by atoms with Gasteiger partial charge in [-0.2, -0.15) is 0 Å². The third kappa shape index (κ3) is 1.40. The number of carbonyl (C=O) groups is 1. The van der Waals surface area contributed by atoms with Crippen LogP contribution in [0, 0.1) is 5.92 Å². The molecule has 0 unspecified atom stereocenters. The standard InChI is InChI=1S/C10H17NO/c1-2-8-5-9-6-10(12)3-4-11(9)7-8/h8-9H,2-7H2,1H3/t8-,9-/m0/s1. The SMILES string of the molecule is CC[C@H]1C[C@H]2CC(=O)CCN2C1. The van der Waals surface area contributed by atoms with Crippen molar-refractivity contribution in [1.82, 2.24) is 4.90 Å². The first-order valence-electron chi connectivity index (χ1n) is 5.05. The summed E-state index contributed by atoms with van der Waals surface area (Å²) in [6.07, 6.45) is 4.17. The monoisotopic (exact) mass is 167 g/mol. The fourth-order valence-electron chi connectivity index (χ4n) is 2.50. The normalized spacial score (nSPS) is 36.9. The topological polar surface area (TPSA) is 20.3 Å². The van der Waals surface area contributed by atoms with E-state index < -0.39 is 0 Å². The maximum absolute atomic E-state index is 11.2. The summed E-state index contributed by atoms with van der Waals surface area (Å²) >= 11 is 0. The van der Waals surface area contributed by atoms with E-state index in [2.05, 4.69) is 11.8 Å². The molecule has 0 N–H and O–H groups in total. The number of rotatable bonds is 1. The van der Waals surface area contributed by atoms with Crippen molar-refractivity contribution in [2.45, 2.75) is 38.6 Å². The van der Waals surface area contributed by atoms with Crippen LogP contribution in [-0.4, -0.2) is 29.8 Å². The van der Waals surface area contributed by atoms with Gasteiger partial charge in [-0.15, -0.1) is 0 Å². The Labute approximate surface area is 73.9 Å². The molecule has 0 saturated carbocycles. The predicted molar refractivity (Wildman–Crippen MR) is 48.0 cm³/mol. The Morgan fingerprint density at radius 3 is 3.17 bits per heavy atom. The molecular weight excluding hydrogens is 150 g/mol. The zero-order valence-corrected chi connectivity index (χ0v) is 7.75. The van der Waals surface area contributed by atoms with E-state index in [9.17, 15) is 4.79 Å². The third-order valence-corrected chi connectivity index (χ3v) is 3.33. The van der Waals surface area contributed by atoms with Gasteiger partial charge in [0.1, 0.15) is 5.78 Å². The summed E-state index contributed by atoms with van der Waals surface area (Å²) in [6, 6.07) is 0.608. The maximum atomic E-state index is 11.2. The first-order valence-corrected chi connectivity index (χ1v) is 5.05. The largest absolute Gasteiger partial charge is 0.300 e. The van der Waals surface area contributed by atoms with Crippen LogP contribution in [0.25, 0.3) is 0 Å². The van der Waals surface area contributed by atoms with E-state index in [4.69, 9.17) is 0 Å². The van der Waals surface area contributed by atoms with Crippen LogP contribution in [0.15, 0.2) is 0 Å². The number of fused-ring (bicyclic) bond motifs is 1. The minimum atomic E-state index is 0.480. The minimum Gasteiger partial charge on any atom is -0.300 e. The van der Waals surface area contributed by atoms with Gasteiger partial charge >= 0.3 is 0 Å². The highest BCUT2D eigenvalue weighted by molar-refractivity contribution is 5.80. The van der Waals surface area contributed by atoms with Crippen molar-refractivity contribution in [3.8, 4) is 0 Å². The smallest absolute Gasteiger partial charge is 0.135 e. The molecule has 0 aromatic carbocycles. The van der Waals surface area contributed by atoms with Gasteiger partial charge in [0.05, 0.1) is 0 Å². The molecule has 0 aliphatic carbocycles. The van der Waals surface area contributed by atoms with Crippen molar-refractivity contribution in [2.75, 3.05) is 13.1 Å². The first-order chi connectivity index (χ1) is 5.79. The maximum Gasteiger partial charge on any atom is 0.135 e. The third-order valence-electron chi connectivity index (χ3n) is 3.33. The van der Waals surface area contributed by atoms with E-state index in [1.807, 2.05) is 0 Å². The van der Waals surface area contributed by atoms with Crippen LogP contribution in [-0.2, 0) is 4.79 Å². The van der Waals surface area contributed by atoms with Crippen LogP contribution < -0.4 is 0 Å². The van der Waals surface area contributed by atoms with Crippen LogP contribution in [0.3, 0.4) is 0 Å². The van der Waals surface area contributed by atoms with Gasteiger partial charge in [-0.3, -0.25) is 9.69 Å². The van der Waals surface area contributed by atoms with Gasteiger partial charge in [0.15, 0.2) is 0 Å². The Morgan fingerprint density at radius 1 is 1.58 bits per heavy atom. The van der Waals surface area contributed by atoms with E-state index in [0.717, 1.165) is 25.3 Å². The molecular formula is C10H17NO. The van der Waals surface area contributed by atoms with Gasteiger partial charge in [-0.05, 0) is 12.3 Å². The first kappa shape index (κ1) is 8.24. The summed E-state index contributed by atoms with van der Waals surface area (Å²) in [7, 11) is 0. The van der Waals surface area contributed by atoms with Gasteiger partial charge in [-0.25, -0.2) is 0 Å². The van der Waals surface area contributed by atoms with Gasteiger partial charge in [-0.1, -0.05) is 13.3 Å². The molecule has 68 valence electrons. The predicted octanol–water partition coefficient (Wildman–Crippen LogP) is 1.45. The second-order valence-corrected chi connectivity index (χ2v) is 4.15. The number of carbonyl (C=O) groups excluding carboxylic acids is 1. The molecule has 2 aliphatic rings. The summed E-state index contributed by atoms with van der Waals surface area (Å²) in [5, 5.41) is 0. The second-order valence-electron chi connectivity index (χ2n) is 4.15. The summed E-state index contributed by atoms with van der Waals surface area (Å²) in [5.41, 5.74) is 0. The Kier molecular flexibility index (Phi) is 2.18. The van der Waals surface area contributed by atoms with Crippen LogP contribution in [0.4, 0.5) is 0 Å². The fourth-order valence-corrected chi connectivity index (χ4v) is 2.50. The fraction of sp³-hybridized carbons (Fsp3) is 0.900. The second kappa shape index (κ2) is 3.17. The Hall–Kier alpha value is -0.370. The summed E-state index contributed by atoms with van der Waals surface area (Å²) in [6.45, 7) is 4.53. The average Bonchev–Trinajstić information content (AvgIpc) is 2.46. The average molecular weight is 167 g/mol. The summed E-state index contributed by atoms with van der Waals surface area (Å²) in [5.74, 6) is 1.34. The molecule has 2 heterocycles. The number of nitrogens with zero attached hydrogens (tertiary/aromatic N) is 1. The van der Waals surface area contributed by atoms with E-state index >= 15 is 0 Å². The van der Waals surface area contributed by atoms with Crippen molar-refractivity contribution < 1.29 is 4.79 Å². The van der Waals surface area contributed by atoms with Crippen molar-refractivity contribution in [3.05, 3.63) is 0 Å². The highest BCUT2D eigenvalue weighted by Crippen LogP contribution is 2.30. The van der Waals surface area contributed by atoms with Crippen LogP contribution in [0.5, 0.6) is 0 Å². The van der Waals surface area contributed by atoms with E-state index in [1.54, 1.807) is 0 Å². The quantitative estimate of drug-likeness (QED) is 0.589. The minimum absolute atomic E-state index is 0.480. The highest BCUT2D eigenvalue weighted by Gasteiger charge is 2.34. The molecule has 2 fully saturated rings. The lowest BCUT2D eigenvalue weighted by molar-refractivity contribution is -0.122. The highest BCUT2D eigenvalue weighted by atomic mass is 16.1. The van der Waals surface area contributed by atoms with Crippen LogP contribution in [0.1, 0.15) is 32.6 Å². The van der Waals surface area contributed by atoms with Gasteiger partial charge in [0.25, 0.3) is 0 Å². The van der Waals surface area contributed by atoms with Crippen LogP contribution in [0.2, 0.25) is 0 Å². The van der Waals surface area contributed by atoms with Gasteiger partial charge in [0.2, 0.25) is 0 Å². The lowest BCUT2D eigenvalue weighted by atomic mass is 9.98. The summed E-state index contributed by atoms with van der Waals surface area (Å²) < 4.78 is 0. The van der Waals surface area contributed by atoms with Crippen molar-refractivity contribution in [3.63, 3.8) is 0 Å². The van der Waals surface area contributed by atoms with E-state index in [0.29, 0.717) is 11.8 Å². The molecule has 0 radical (unpaired) electrons. The molecule has 0 amide bonds. The molecule has 2 rings (SSSR count). The molecule has 12 heavy (non-hydrogen) atoms. The van der Waals surface area contributed by atoms with Gasteiger partial charge in [0, 0.05) is 32.0 Å². The number of Topliss-reactive ketones (excluding diaryl/α,β-unsaturated/α-hetero) is 1. The van der Waals surface area contributed by atoms with Crippen molar-refractivity contribution >= 4 is 5.78 Å². The Morgan fingerprint density at radius 2 is 2.42 bits per heavy atom. The van der Waals surface area contributed by atoms with Gasteiger partial charge < -0.3 is 0 Å². The van der Waals surface area contributed by atoms with E-state index in [-0.39, 0.29) is 0 Å². The molecule has 2 aliphatic heterocycles. The number of ketones is 1. The number of hydrogen-bond donors (Lipinski definition) is 0. The molecule has 2 atom stereocenters. The lowest BCUT2D eigenvalue weighted by Gasteiger charge is -2.27. The molecule has 0 bridgehead atoms. The molecule has 2 saturated heterocycles. The Bertz CT molecular complexity index is 190. The molecule has 0 aromatic heterocycles. The van der Waals surface area contributed by atoms with Crippen LogP contribution >= 0.6 is 0 Å². The number of hydrogen-bond acceptors (Lipinski definition) is 2. The molecule has 2 heteroatoms. The zero-order valence-electron chi connectivity index (χ0n) is 7.75. The lowest BCUT2D eigenvalue weighted by Crippen LogP contribution is -2.38. The molecule has 0 aromatic rings. The molecule has 0 spiro atoms. The Balaban J connectivity index is 1.97. The van der Waals surface area contributed by atoms with Crippen molar-refractivity contribution in [1.29, 1.82) is 0 Å². The number of piperidine rings is 1. The molecule has 2 nitrogen and oxygen atoms in total. The van der Waals surface area contributed by atoms with E-state index in [1.165, 1.54) is 19.4 Å². The zero-order chi connectivity index (χ0) is 8.55. The summed E-state index contributed by atoms with van der Waals surface area (Å²) in [4.78, 5) is 13.7.